The van der Waals surface area contributed by atoms with Crippen LogP contribution in [-0.4, -0.2) is 26.1 Å². The molecule has 1 unspecified atom stereocenters. The molecule has 0 spiro atoms. The molecule has 0 saturated carbocycles. The summed E-state index contributed by atoms with van der Waals surface area (Å²) in [6.07, 6.45) is 5.98. The summed E-state index contributed by atoms with van der Waals surface area (Å²) in [4.78, 5) is 12.5. The lowest BCUT2D eigenvalue weighted by molar-refractivity contribution is -0.111. The van der Waals surface area contributed by atoms with Gasteiger partial charge in [0, 0.05) is 7.11 Å². The van der Waals surface area contributed by atoms with Gasteiger partial charge in [0.2, 0.25) is 0 Å². The summed E-state index contributed by atoms with van der Waals surface area (Å²) >= 11 is 0. The number of aryl methyl sites for hydroxylation is 1. The highest BCUT2D eigenvalue weighted by Crippen LogP contribution is 2.28. The molecule has 1 atom stereocenters. The Morgan fingerprint density at radius 1 is 1.27 bits per heavy atom. The number of benzene rings is 1. The SMILES string of the molecule is COC1=CC(OC)CC(C)=C1C(=O)/C=C/c1cccc(C)c1. The average Bonchev–Trinajstić information content (AvgIpc) is 2.51. The Morgan fingerprint density at radius 2 is 2.05 bits per heavy atom. The van der Waals surface area contributed by atoms with Gasteiger partial charge in [-0.1, -0.05) is 41.5 Å². The molecule has 0 amide bonds. The van der Waals surface area contributed by atoms with Crippen LogP contribution in [0.3, 0.4) is 0 Å². The standard InChI is InChI=1S/C19H22O3/c1-13-6-5-7-15(10-13)8-9-17(20)19-14(2)11-16(21-3)12-18(19)22-4/h5-10,12,16H,11H2,1-4H3/b9-8+. The number of carbonyl (C=O) groups excluding carboxylic acids is 1. The fourth-order valence-electron chi connectivity index (χ4n) is 2.61. The minimum atomic E-state index is -0.0401. The quantitative estimate of drug-likeness (QED) is 0.775. The molecule has 22 heavy (non-hydrogen) atoms. The number of allylic oxidation sites excluding steroid dienone is 2. The molecule has 1 aromatic rings. The molecule has 0 saturated heterocycles. The molecule has 0 aliphatic heterocycles. The molecule has 0 heterocycles. The van der Waals surface area contributed by atoms with E-state index in [4.69, 9.17) is 9.47 Å². The number of hydrogen-bond acceptors (Lipinski definition) is 3. The molecule has 0 aromatic heterocycles. The van der Waals surface area contributed by atoms with E-state index < -0.39 is 0 Å². The first-order valence-corrected chi connectivity index (χ1v) is 7.33. The summed E-state index contributed by atoms with van der Waals surface area (Å²) in [6.45, 7) is 3.98. The zero-order valence-corrected chi connectivity index (χ0v) is 13.6. The van der Waals surface area contributed by atoms with Gasteiger partial charge >= 0.3 is 0 Å². The van der Waals surface area contributed by atoms with Crippen LogP contribution in [-0.2, 0) is 14.3 Å². The van der Waals surface area contributed by atoms with Gasteiger partial charge < -0.3 is 9.47 Å². The van der Waals surface area contributed by atoms with Crippen molar-refractivity contribution in [1.29, 1.82) is 0 Å². The summed E-state index contributed by atoms with van der Waals surface area (Å²) in [5.74, 6) is 0.552. The van der Waals surface area contributed by atoms with Gasteiger partial charge in [-0.3, -0.25) is 4.79 Å². The maximum absolute atomic E-state index is 12.5. The van der Waals surface area contributed by atoms with Gasteiger partial charge in [0.1, 0.15) is 5.76 Å². The highest BCUT2D eigenvalue weighted by atomic mass is 16.5. The Hall–Kier alpha value is -2.13. The maximum atomic E-state index is 12.5. The Bertz CT molecular complexity index is 650. The van der Waals surface area contributed by atoms with Crippen molar-refractivity contribution in [3.63, 3.8) is 0 Å². The lowest BCUT2D eigenvalue weighted by Crippen LogP contribution is -2.19. The molecule has 0 fully saturated rings. The molecule has 1 aliphatic carbocycles. The summed E-state index contributed by atoms with van der Waals surface area (Å²) in [6, 6.07) is 8.03. The van der Waals surface area contributed by atoms with E-state index in [1.807, 2.05) is 50.3 Å². The molecular formula is C19H22O3. The third-order valence-electron chi connectivity index (χ3n) is 3.76. The molecule has 1 aliphatic rings. The third-order valence-corrected chi connectivity index (χ3v) is 3.76. The monoisotopic (exact) mass is 298 g/mol. The third kappa shape index (κ3) is 3.74. The Kier molecular flexibility index (Phi) is 5.34. The van der Waals surface area contributed by atoms with Crippen LogP contribution in [0.4, 0.5) is 0 Å². The van der Waals surface area contributed by atoms with E-state index in [9.17, 15) is 4.79 Å². The van der Waals surface area contributed by atoms with Crippen molar-refractivity contribution in [3.05, 3.63) is 64.4 Å². The minimum absolute atomic E-state index is 0.0350. The highest BCUT2D eigenvalue weighted by molar-refractivity contribution is 6.09. The van der Waals surface area contributed by atoms with E-state index in [2.05, 4.69) is 0 Å². The van der Waals surface area contributed by atoms with Crippen LogP contribution in [0, 0.1) is 6.92 Å². The second-order valence-electron chi connectivity index (χ2n) is 5.48. The van der Waals surface area contributed by atoms with E-state index in [0.717, 1.165) is 11.1 Å². The van der Waals surface area contributed by atoms with Crippen molar-refractivity contribution in [2.75, 3.05) is 14.2 Å². The predicted octanol–water partition coefficient (Wildman–Crippen LogP) is 3.84. The summed E-state index contributed by atoms with van der Waals surface area (Å²) < 4.78 is 10.7. The van der Waals surface area contributed by atoms with Crippen molar-refractivity contribution in [3.8, 4) is 0 Å². The number of ether oxygens (including phenoxy) is 2. The summed E-state index contributed by atoms with van der Waals surface area (Å²) in [5, 5.41) is 0. The van der Waals surface area contributed by atoms with Gasteiger partial charge in [-0.2, -0.15) is 0 Å². The van der Waals surface area contributed by atoms with E-state index >= 15 is 0 Å². The van der Waals surface area contributed by atoms with E-state index in [1.54, 1.807) is 20.3 Å². The highest BCUT2D eigenvalue weighted by Gasteiger charge is 2.24. The first-order chi connectivity index (χ1) is 10.5. The first-order valence-electron chi connectivity index (χ1n) is 7.33. The normalized spacial score (nSPS) is 18.5. The number of ketones is 1. The molecule has 3 heteroatoms. The summed E-state index contributed by atoms with van der Waals surface area (Å²) in [5.41, 5.74) is 3.81. The van der Waals surface area contributed by atoms with Crippen LogP contribution < -0.4 is 0 Å². The van der Waals surface area contributed by atoms with Crippen molar-refractivity contribution in [2.45, 2.75) is 26.4 Å². The Morgan fingerprint density at radius 3 is 2.68 bits per heavy atom. The van der Waals surface area contributed by atoms with Gasteiger partial charge in [-0.15, -0.1) is 0 Å². The van der Waals surface area contributed by atoms with Crippen molar-refractivity contribution in [1.82, 2.24) is 0 Å². The van der Waals surface area contributed by atoms with E-state index in [1.165, 1.54) is 5.56 Å². The van der Waals surface area contributed by atoms with Gasteiger partial charge in [-0.05, 0) is 38.0 Å². The molecule has 0 radical (unpaired) electrons. The molecule has 1 aromatic carbocycles. The van der Waals surface area contributed by atoms with Crippen LogP contribution in [0.1, 0.15) is 24.5 Å². The lowest BCUT2D eigenvalue weighted by atomic mass is 9.92. The van der Waals surface area contributed by atoms with Crippen molar-refractivity contribution >= 4 is 11.9 Å². The largest absolute Gasteiger partial charge is 0.496 e. The predicted molar refractivity (Wildman–Crippen MR) is 88.4 cm³/mol. The fourth-order valence-corrected chi connectivity index (χ4v) is 2.61. The van der Waals surface area contributed by atoms with Gasteiger partial charge in [0.05, 0.1) is 18.8 Å². The molecule has 116 valence electrons. The number of carbonyl (C=O) groups is 1. The van der Waals surface area contributed by atoms with E-state index in [0.29, 0.717) is 17.8 Å². The molecule has 2 rings (SSSR count). The van der Waals surface area contributed by atoms with Crippen LogP contribution in [0.25, 0.3) is 6.08 Å². The van der Waals surface area contributed by atoms with Crippen molar-refractivity contribution < 1.29 is 14.3 Å². The Labute approximate surface area is 131 Å². The molecule has 3 nitrogen and oxygen atoms in total. The van der Waals surface area contributed by atoms with Crippen LogP contribution >= 0.6 is 0 Å². The molecular weight excluding hydrogens is 276 g/mol. The topological polar surface area (TPSA) is 35.5 Å². The average molecular weight is 298 g/mol. The van der Waals surface area contributed by atoms with Crippen LogP contribution in [0.2, 0.25) is 0 Å². The smallest absolute Gasteiger partial charge is 0.189 e. The maximum Gasteiger partial charge on any atom is 0.189 e. The van der Waals surface area contributed by atoms with Gasteiger partial charge in [0.25, 0.3) is 0 Å². The molecule has 0 bridgehead atoms. The summed E-state index contributed by atoms with van der Waals surface area (Å²) in [7, 11) is 3.24. The van der Waals surface area contributed by atoms with Gasteiger partial charge in [0.15, 0.2) is 5.78 Å². The second kappa shape index (κ2) is 7.23. The first kappa shape index (κ1) is 16.2. The second-order valence-corrected chi connectivity index (χ2v) is 5.48. The van der Waals surface area contributed by atoms with Crippen molar-refractivity contribution in [2.24, 2.45) is 0 Å². The zero-order valence-electron chi connectivity index (χ0n) is 13.6. The zero-order chi connectivity index (χ0) is 16.1. The number of rotatable bonds is 5. The number of hydrogen-bond donors (Lipinski definition) is 0. The fraction of sp³-hybridized carbons (Fsp3) is 0.316. The lowest BCUT2D eigenvalue weighted by Gasteiger charge is -2.22. The Balaban J connectivity index is 2.23. The minimum Gasteiger partial charge on any atom is -0.496 e. The van der Waals surface area contributed by atoms with E-state index in [-0.39, 0.29) is 11.9 Å². The van der Waals surface area contributed by atoms with Crippen LogP contribution in [0.5, 0.6) is 0 Å². The molecule has 0 N–H and O–H groups in total. The van der Waals surface area contributed by atoms with Crippen LogP contribution in [0.15, 0.2) is 53.3 Å². The van der Waals surface area contributed by atoms with Gasteiger partial charge in [-0.25, -0.2) is 0 Å². The number of methoxy groups -OCH3 is 2.